The highest BCUT2D eigenvalue weighted by Crippen LogP contribution is 2.90. The molecule has 5 aliphatic carbocycles. The minimum absolute atomic E-state index is 0.000311. The third-order valence-corrected chi connectivity index (χ3v) is 15.9. The lowest BCUT2D eigenvalue weighted by Gasteiger charge is -2.64. The van der Waals surface area contributed by atoms with E-state index in [2.05, 4.69) is 34.6 Å². The van der Waals surface area contributed by atoms with Crippen molar-refractivity contribution < 1.29 is 49.6 Å². The molecule has 3 spiro atoms. The van der Waals surface area contributed by atoms with Gasteiger partial charge in [0.05, 0.1) is 30.5 Å². The second-order valence-electron chi connectivity index (χ2n) is 18.4. The normalized spacial score (nSPS) is 62.7. The van der Waals surface area contributed by atoms with Crippen molar-refractivity contribution in [3.8, 4) is 0 Å². The van der Waals surface area contributed by atoms with E-state index in [1.165, 1.54) is 0 Å². The van der Waals surface area contributed by atoms with Gasteiger partial charge in [-0.3, -0.25) is 0 Å². The second kappa shape index (κ2) is 9.23. The molecule has 10 heteroatoms. The molecule has 0 aromatic carbocycles. The molecule has 0 amide bonds. The Morgan fingerprint density at radius 1 is 0.867 bits per heavy atom. The van der Waals surface area contributed by atoms with E-state index in [1.807, 2.05) is 0 Å². The summed E-state index contributed by atoms with van der Waals surface area (Å²) < 4.78 is 25.6. The zero-order valence-electron chi connectivity index (χ0n) is 28.0. The summed E-state index contributed by atoms with van der Waals surface area (Å²) in [5.41, 5.74) is -2.59. The minimum atomic E-state index is -1.37. The SMILES string of the molecule is C[C@@H]1C[C@H]2O[C@@]3(O[C@@H]2C(C)(C)O)[C@H](O)[C@@]2(C)[C@@H]4CC[C@H]5C(C)(C)[C@@H](O[C@@H]6OC[C@H](O)[C@H](O)[C@H]6O)C[C@H](O)[C@@]56C[C@@]46CC[C@]2(C)[C@@H]13. The maximum absolute atomic E-state index is 12.7. The van der Waals surface area contributed by atoms with Crippen LogP contribution >= 0.6 is 0 Å². The average Bonchev–Trinajstić information content (AvgIpc) is 3.51. The highest BCUT2D eigenvalue weighted by molar-refractivity contribution is 5.35. The fraction of sp³-hybridized carbons (Fsp3) is 1.00. The Morgan fingerprint density at radius 2 is 1.56 bits per heavy atom. The zero-order chi connectivity index (χ0) is 32.5. The molecule has 3 aliphatic heterocycles. The molecule has 3 heterocycles. The third kappa shape index (κ3) is 3.51. The molecule has 8 aliphatic rings. The summed E-state index contributed by atoms with van der Waals surface area (Å²) in [5, 5.41) is 66.7. The quantitative estimate of drug-likeness (QED) is 0.254. The first-order chi connectivity index (χ1) is 20.8. The van der Waals surface area contributed by atoms with Crippen molar-refractivity contribution >= 4 is 0 Å². The van der Waals surface area contributed by atoms with Crippen LogP contribution in [0.3, 0.4) is 0 Å². The van der Waals surface area contributed by atoms with Gasteiger partial charge in [0, 0.05) is 23.2 Å². The van der Waals surface area contributed by atoms with Crippen LogP contribution in [0.15, 0.2) is 0 Å². The highest BCUT2D eigenvalue weighted by Gasteiger charge is 2.89. The van der Waals surface area contributed by atoms with E-state index >= 15 is 0 Å². The number of hydrogen-bond donors (Lipinski definition) is 6. The van der Waals surface area contributed by atoms with Crippen molar-refractivity contribution in [1.82, 2.24) is 0 Å². The molecule has 0 aromatic heterocycles. The summed E-state index contributed by atoms with van der Waals surface area (Å²) in [6, 6.07) is 0. The second-order valence-corrected chi connectivity index (χ2v) is 18.4. The van der Waals surface area contributed by atoms with E-state index in [0.29, 0.717) is 6.42 Å². The van der Waals surface area contributed by atoms with Gasteiger partial charge in [0.15, 0.2) is 12.1 Å². The number of aliphatic hydroxyl groups is 6. The summed E-state index contributed by atoms with van der Waals surface area (Å²) in [6.45, 7) is 14.7. The van der Waals surface area contributed by atoms with E-state index in [0.717, 1.165) is 38.5 Å². The van der Waals surface area contributed by atoms with Crippen molar-refractivity contribution in [2.24, 2.45) is 50.7 Å². The maximum atomic E-state index is 12.7. The summed E-state index contributed by atoms with van der Waals surface area (Å²) in [5.74, 6) is -0.537. The van der Waals surface area contributed by atoms with E-state index in [4.69, 9.17) is 18.9 Å². The molecular weight excluding hydrogens is 580 g/mol. The molecule has 8 rings (SSSR count). The maximum Gasteiger partial charge on any atom is 0.199 e. The van der Waals surface area contributed by atoms with Gasteiger partial charge in [-0.15, -0.1) is 0 Å². The summed E-state index contributed by atoms with van der Waals surface area (Å²) in [7, 11) is 0. The smallest absolute Gasteiger partial charge is 0.199 e. The first-order valence-corrected chi connectivity index (χ1v) is 17.6. The predicted molar refractivity (Wildman–Crippen MR) is 160 cm³/mol. The predicted octanol–water partition coefficient (Wildman–Crippen LogP) is 2.09. The molecule has 0 radical (unpaired) electrons. The van der Waals surface area contributed by atoms with Crippen LogP contribution < -0.4 is 0 Å². The topological polar surface area (TPSA) is 158 Å². The van der Waals surface area contributed by atoms with Crippen LogP contribution in [0.2, 0.25) is 0 Å². The molecule has 8 fully saturated rings. The number of hydrogen-bond acceptors (Lipinski definition) is 10. The van der Waals surface area contributed by atoms with E-state index < -0.39 is 65.8 Å². The van der Waals surface area contributed by atoms with Crippen molar-refractivity contribution in [2.45, 2.75) is 160 Å². The fourth-order valence-corrected chi connectivity index (χ4v) is 13.9. The Bertz CT molecular complexity index is 1240. The van der Waals surface area contributed by atoms with Crippen LogP contribution in [0.25, 0.3) is 0 Å². The van der Waals surface area contributed by atoms with Gasteiger partial charge in [0.25, 0.3) is 0 Å². The number of rotatable bonds is 3. The summed E-state index contributed by atoms with van der Waals surface area (Å²) >= 11 is 0. The van der Waals surface area contributed by atoms with Crippen molar-refractivity contribution in [2.75, 3.05) is 6.61 Å². The van der Waals surface area contributed by atoms with E-state index in [1.54, 1.807) is 13.8 Å². The molecule has 10 nitrogen and oxygen atoms in total. The Hall–Kier alpha value is -0.400. The van der Waals surface area contributed by atoms with Crippen molar-refractivity contribution in [3.05, 3.63) is 0 Å². The van der Waals surface area contributed by atoms with Crippen molar-refractivity contribution in [1.29, 1.82) is 0 Å². The van der Waals surface area contributed by atoms with E-state index in [9.17, 15) is 30.6 Å². The summed E-state index contributed by atoms with van der Waals surface area (Å²) in [4.78, 5) is 0. The van der Waals surface area contributed by atoms with Crippen LogP contribution in [-0.4, -0.2) is 104 Å². The molecule has 2 bridgehead atoms. The van der Waals surface area contributed by atoms with Gasteiger partial charge in [0.2, 0.25) is 0 Å². The van der Waals surface area contributed by atoms with Gasteiger partial charge in [-0.25, -0.2) is 0 Å². The number of aliphatic hydroxyl groups excluding tert-OH is 5. The molecular formula is C35H56O10. The molecule has 3 saturated heterocycles. The molecule has 0 unspecified atom stereocenters. The van der Waals surface area contributed by atoms with Crippen molar-refractivity contribution in [3.63, 3.8) is 0 Å². The molecule has 18 atom stereocenters. The minimum Gasteiger partial charge on any atom is -0.392 e. The van der Waals surface area contributed by atoms with E-state index in [-0.39, 0.29) is 58.0 Å². The van der Waals surface area contributed by atoms with Gasteiger partial charge in [-0.2, -0.15) is 0 Å². The first kappa shape index (κ1) is 31.8. The molecule has 256 valence electrons. The Morgan fingerprint density at radius 3 is 2.24 bits per heavy atom. The standard InChI is InChI=1S/C35H56O10/c1-16-12-18-26(30(4,5)41)45-35(44-18)25(16)31(6)10-11-33-15-34(33)19(8-9-20(33)32(31,7)28(35)40)29(2,3)22(13-21(34)37)43-27-24(39)23(38)17(36)14-42-27/h16-28,36-41H,8-15H2,1-7H3/t16-,17+,18-,19+,20+,21+,22+,23+,24-,25-,26+,27+,28-,31-,32-,33+,34-,35+/m1/s1. The Balaban J connectivity index is 1.12. The zero-order valence-corrected chi connectivity index (χ0v) is 28.0. The lowest BCUT2D eigenvalue weighted by Crippen LogP contribution is -2.64. The third-order valence-electron chi connectivity index (χ3n) is 15.9. The van der Waals surface area contributed by atoms with Crippen LogP contribution in [0.1, 0.15) is 93.4 Å². The van der Waals surface area contributed by atoms with Crippen LogP contribution in [0.5, 0.6) is 0 Å². The Labute approximate surface area is 266 Å². The van der Waals surface area contributed by atoms with Crippen LogP contribution in [0.4, 0.5) is 0 Å². The average molecular weight is 637 g/mol. The van der Waals surface area contributed by atoms with Gasteiger partial charge >= 0.3 is 0 Å². The molecule has 45 heavy (non-hydrogen) atoms. The first-order valence-electron chi connectivity index (χ1n) is 17.6. The fourth-order valence-electron chi connectivity index (χ4n) is 13.9. The molecule has 6 N–H and O–H groups in total. The molecule has 5 saturated carbocycles. The monoisotopic (exact) mass is 636 g/mol. The Kier molecular flexibility index (Phi) is 6.53. The molecule has 0 aromatic rings. The van der Waals surface area contributed by atoms with Gasteiger partial charge in [-0.1, -0.05) is 34.6 Å². The lowest BCUT2D eigenvalue weighted by atomic mass is 9.41. The number of ether oxygens (including phenoxy) is 4. The summed E-state index contributed by atoms with van der Waals surface area (Å²) in [6.07, 6.45) is -1.79. The van der Waals surface area contributed by atoms with Gasteiger partial charge in [-0.05, 0) is 86.4 Å². The van der Waals surface area contributed by atoms with Gasteiger partial charge in [0.1, 0.15) is 30.5 Å². The van der Waals surface area contributed by atoms with Crippen LogP contribution in [-0.2, 0) is 18.9 Å². The van der Waals surface area contributed by atoms with Crippen LogP contribution in [0, 0.1) is 50.7 Å². The highest BCUT2D eigenvalue weighted by atomic mass is 16.8. The lowest BCUT2D eigenvalue weighted by molar-refractivity contribution is -0.309. The van der Waals surface area contributed by atoms with Gasteiger partial charge < -0.3 is 49.6 Å². The number of fused-ring (bicyclic) bond motifs is 4. The largest absolute Gasteiger partial charge is 0.392 e.